The lowest BCUT2D eigenvalue weighted by Crippen LogP contribution is -2.52. The van der Waals surface area contributed by atoms with Gasteiger partial charge < -0.3 is 19.5 Å². The van der Waals surface area contributed by atoms with Crippen molar-refractivity contribution in [3.8, 4) is 5.75 Å². The lowest BCUT2D eigenvalue weighted by Gasteiger charge is -2.44. The van der Waals surface area contributed by atoms with Gasteiger partial charge in [-0.2, -0.15) is 0 Å². The molecule has 5 heteroatoms. The molecule has 1 saturated carbocycles. The van der Waals surface area contributed by atoms with Crippen molar-refractivity contribution in [2.24, 2.45) is 5.92 Å². The molecule has 29 heavy (non-hydrogen) atoms. The molecule has 0 spiro atoms. The summed E-state index contributed by atoms with van der Waals surface area (Å²) in [5, 5.41) is 3.35. The van der Waals surface area contributed by atoms with Crippen molar-refractivity contribution in [3.63, 3.8) is 0 Å². The topological polar surface area (TPSA) is 56.8 Å². The Hall–Kier alpha value is -1.75. The van der Waals surface area contributed by atoms with Crippen LogP contribution in [0.2, 0.25) is 0 Å². The fraction of sp³-hybridized carbons (Fsp3) is 0.708. The van der Waals surface area contributed by atoms with Crippen LogP contribution in [0, 0.1) is 5.92 Å². The molecule has 0 aromatic heterocycles. The number of fused-ring (bicyclic) bond motifs is 1. The summed E-state index contributed by atoms with van der Waals surface area (Å²) in [6.07, 6.45) is 6.51. The maximum absolute atomic E-state index is 13.0. The van der Waals surface area contributed by atoms with Crippen LogP contribution < -0.4 is 10.1 Å². The Kier molecular flexibility index (Phi) is 7.44. The van der Waals surface area contributed by atoms with Crippen LogP contribution in [0.4, 0.5) is 5.69 Å². The van der Waals surface area contributed by atoms with E-state index in [1.165, 1.54) is 6.42 Å². The van der Waals surface area contributed by atoms with Crippen molar-refractivity contribution < 1.29 is 19.0 Å². The number of carbonyl (C=O) groups excluding carboxylic acids is 1. The quantitative estimate of drug-likeness (QED) is 0.450. The van der Waals surface area contributed by atoms with Gasteiger partial charge in [-0.05, 0) is 58.2 Å². The van der Waals surface area contributed by atoms with Gasteiger partial charge in [-0.1, -0.05) is 32.6 Å². The summed E-state index contributed by atoms with van der Waals surface area (Å²) in [7, 11) is 0. The van der Waals surface area contributed by atoms with Gasteiger partial charge in [0.15, 0.2) is 6.10 Å². The molecule has 0 saturated heterocycles. The van der Waals surface area contributed by atoms with Crippen molar-refractivity contribution in [2.75, 3.05) is 18.5 Å². The van der Waals surface area contributed by atoms with Gasteiger partial charge in [-0.3, -0.25) is 4.79 Å². The predicted octanol–water partition coefficient (Wildman–Crippen LogP) is 5.64. The van der Waals surface area contributed by atoms with Gasteiger partial charge in [-0.25, -0.2) is 0 Å². The molecule has 3 rings (SSSR count). The average Bonchev–Trinajstić information content (AvgIpc) is 2.71. The van der Waals surface area contributed by atoms with Crippen LogP contribution in [-0.4, -0.2) is 30.8 Å². The fourth-order valence-corrected chi connectivity index (χ4v) is 4.34. The second-order valence-electron chi connectivity index (χ2n) is 8.83. The van der Waals surface area contributed by atoms with Crippen LogP contribution in [0.3, 0.4) is 0 Å². The Morgan fingerprint density at radius 1 is 1.21 bits per heavy atom. The van der Waals surface area contributed by atoms with Gasteiger partial charge in [0.2, 0.25) is 0 Å². The number of rotatable bonds is 8. The minimum Gasteiger partial charge on any atom is -0.483 e. The molecule has 0 radical (unpaired) electrons. The summed E-state index contributed by atoms with van der Waals surface area (Å²) in [4.78, 5) is 13.0. The van der Waals surface area contributed by atoms with E-state index in [9.17, 15) is 4.79 Å². The van der Waals surface area contributed by atoms with E-state index in [4.69, 9.17) is 14.2 Å². The zero-order valence-corrected chi connectivity index (χ0v) is 18.5. The molecular weight excluding hydrogens is 366 g/mol. The Morgan fingerprint density at radius 2 is 1.97 bits per heavy atom. The van der Waals surface area contributed by atoms with E-state index < -0.39 is 11.7 Å². The SMILES string of the molecule is CCCCOC1c2cc(NCC)ccc2OC(C)(C)C1OC(=O)C1CCCCC1. The largest absolute Gasteiger partial charge is 0.483 e. The molecule has 0 amide bonds. The van der Waals surface area contributed by atoms with Gasteiger partial charge in [0.25, 0.3) is 0 Å². The van der Waals surface area contributed by atoms with Gasteiger partial charge in [-0.15, -0.1) is 0 Å². The molecule has 1 aliphatic carbocycles. The van der Waals surface area contributed by atoms with Crippen LogP contribution in [-0.2, 0) is 14.3 Å². The lowest BCUT2D eigenvalue weighted by molar-refractivity contribution is -0.189. The molecule has 2 aliphatic rings. The van der Waals surface area contributed by atoms with Crippen LogP contribution in [0.15, 0.2) is 18.2 Å². The standard InChI is InChI=1S/C24H37NO4/c1-5-7-15-27-21-19-16-18(25-6-2)13-14-20(19)29-24(3,4)22(21)28-23(26)17-11-9-8-10-12-17/h13-14,16-17,21-22,25H,5-12,15H2,1-4H3. The minimum atomic E-state index is -0.659. The third kappa shape index (κ3) is 5.25. The highest BCUT2D eigenvalue weighted by Gasteiger charge is 2.48. The summed E-state index contributed by atoms with van der Waals surface area (Å²) in [6.45, 7) is 9.68. The highest BCUT2D eigenvalue weighted by Crippen LogP contribution is 2.45. The third-order valence-electron chi connectivity index (χ3n) is 6.01. The molecule has 5 nitrogen and oxygen atoms in total. The normalized spacial score (nSPS) is 23.7. The van der Waals surface area contributed by atoms with Crippen molar-refractivity contribution in [2.45, 2.75) is 90.4 Å². The second kappa shape index (κ2) is 9.84. The zero-order valence-electron chi connectivity index (χ0n) is 18.5. The number of anilines is 1. The molecule has 1 heterocycles. The summed E-state index contributed by atoms with van der Waals surface area (Å²) in [5.41, 5.74) is 1.32. The van der Waals surface area contributed by atoms with Gasteiger partial charge in [0, 0.05) is 24.4 Å². The van der Waals surface area contributed by atoms with E-state index in [0.717, 1.165) is 62.1 Å². The van der Waals surface area contributed by atoms with E-state index in [-0.39, 0.29) is 18.0 Å². The first kappa shape index (κ1) is 21.9. The summed E-state index contributed by atoms with van der Waals surface area (Å²) in [5.74, 6) is 0.718. The number of benzene rings is 1. The molecule has 1 fully saturated rings. The summed E-state index contributed by atoms with van der Waals surface area (Å²) < 4.78 is 18.8. The molecule has 1 aromatic rings. The van der Waals surface area contributed by atoms with Crippen molar-refractivity contribution in [1.29, 1.82) is 0 Å². The van der Waals surface area contributed by atoms with Crippen LogP contribution in [0.5, 0.6) is 5.75 Å². The number of carbonyl (C=O) groups is 1. The minimum absolute atomic E-state index is 0.00494. The number of esters is 1. The van der Waals surface area contributed by atoms with Crippen LogP contribution in [0.1, 0.15) is 84.3 Å². The van der Waals surface area contributed by atoms with Gasteiger partial charge in [0.05, 0.1) is 5.92 Å². The van der Waals surface area contributed by atoms with E-state index >= 15 is 0 Å². The Balaban J connectivity index is 1.88. The first-order chi connectivity index (χ1) is 14.0. The Bertz CT molecular complexity index is 681. The van der Waals surface area contributed by atoms with E-state index in [1.54, 1.807) is 0 Å². The molecule has 2 unspecified atom stereocenters. The van der Waals surface area contributed by atoms with Crippen LogP contribution in [0.25, 0.3) is 0 Å². The lowest BCUT2D eigenvalue weighted by atomic mass is 9.86. The highest BCUT2D eigenvalue weighted by molar-refractivity contribution is 5.73. The van der Waals surface area contributed by atoms with E-state index in [2.05, 4.69) is 25.2 Å². The summed E-state index contributed by atoms with van der Waals surface area (Å²) >= 11 is 0. The molecule has 1 N–H and O–H groups in total. The molecule has 0 bridgehead atoms. The van der Waals surface area contributed by atoms with Gasteiger partial charge in [0.1, 0.15) is 17.5 Å². The zero-order chi connectivity index (χ0) is 20.9. The first-order valence-electron chi connectivity index (χ1n) is 11.3. The molecule has 1 aromatic carbocycles. The summed E-state index contributed by atoms with van der Waals surface area (Å²) in [6, 6.07) is 6.09. The van der Waals surface area contributed by atoms with Crippen molar-refractivity contribution >= 4 is 11.7 Å². The first-order valence-corrected chi connectivity index (χ1v) is 11.3. The van der Waals surface area contributed by atoms with E-state index in [0.29, 0.717) is 6.61 Å². The fourth-order valence-electron chi connectivity index (χ4n) is 4.34. The maximum atomic E-state index is 13.0. The van der Waals surface area contributed by atoms with Crippen LogP contribution >= 0.6 is 0 Å². The van der Waals surface area contributed by atoms with Gasteiger partial charge >= 0.3 is 5.97 Å². The second-order valence-corrected chi connectivity index (χ2v) is 8.83. The Labute approximate surface area is 175 Å². The van der Waals surface area contributed by atoms with Crippen molar-refractivity contribution in [1.82, 2.24) is 0 Å². The highest BCUT2D eigenvalue weighted by atomic mass is 16.6. The predicted molar refractivity (Wildman–Crippen MR) is 115 cm³/mol. The maximum Gasteiger partial charge on any atom is 0.309 e. The smallest absolute Gasteiger partial charge is 0.309 e. The molecular formula is C24H37NO4. The number of hydrogen-bond donors (Lipinski definition) is 1. The van der Waals surface area contributed by atoms with Crippen molar-refractivity contribution in [3.05, 3.63) is 23.8 Å². The number of unbranched alkanes of at least 4 members (excludes halogenated alkanes) is 1. The molecule has 162 valence electrons. The third-order valence-corrected chi connectivity index (χ3v) is 6.01. The average molecular weight is 404 g/mol. The number of nitrogens with one attached hydrogen (secondary N) is 1. The molecule has 2 atom stereocenters. The van der Waals surface area contributed by atoms with E-state index in [1.807, 2.05) is 26.0 Å². The number of ether oxygens (including phenoxy) is 3. The Morgan fingerprint density at radius 3 is 2.66 bits per heavy atom. The monoisotopic (exact) mass is 403 g/mol. The number of hydrogen-bond acceptors (Lipinski definition) is 5. The molecule has 1 aliphatic heterocycles.